The van der Waals surface area contributed by atoms with Crippen molar-refractivity contribution in [3.63, 3.8) is 0 Å². The van der Waals surface area contributed by atoms with Crippen molar-refractivity contribution < 1.29 is 13.2 Å². The van der Waals surface area contributed by atoms with Crippen LogP contribution in [0.15, 0.2) is 0 Å². The lowest BCUT2D eigenvalue weighted by Gasteiger charge is -2.17. The molecule has 9 heavy (non-hydrogen) atoms. The molecule has 0 aliphatic rings. The first-order chi connectivity index (χ1) is 4.00. The second-order valence-electron chi connectivity index (χ2n) is 1.77. The first kappa shape index (κ1) is 8.75. The van der Waals surface area contributed by atoms with Crippen LogP contribution in [0.25, 0.3) is 0 Å². The van der Waals surface area contributed by atoms with E-state index in [1.807, 2.05) is 0 Å². The van der Waals surface area contributed by atoms with Gasteiger partial charge in [-0.2, -0.15) is 8.78 Å². The van der Waals surface area contributed by atoms with Crippen molar-refractivity contribution in [3.8, 4) is 0 Å². The Labute approximate surface area is 52.2 Å². The summed E-state index contributed by atoms with van der Waals surface area (Å²) in [5, 5.41) is 1.71. The summed E-state index contributed by atoms with van der Waals surface area (Å²) in [4.78, 5) is 0. The van der Waals surface area contributed by atoms with E-state index in [1.165, 1.54) is 6.92 Å². The lowest BCUT2D eigenvalue weighted by Crippen LogP contribution is -2.43. The third-order valence-electron chi connectivity index (χ3n) is 0.912. The fourth-order valence-corrected chi connectivity index (χ4v) is 0.376. The molecule has 0 saturated carbocycles. The molecule has 56 valence electrons. The number of alkyl halides is 3. The zero-order valence-corrected chi connectivity index (χ0v) is 5.42. The van der Waals surface area contributed by atoms with E-state index < -0.39 is 12.2 Å². The highest BCUT2D eigenvalue weighted by Crippen LogP contribution is 2.16. The fourth-order valence-electron chi connectivity index (χ4n) is 0.376. The van der Waals surface area contributed by atoms with Crippen LogP contribution in [-0.4, -0.2) is 18.8 Å². The highest BCUT2D eigenvalue weighted by atomic mass is 19.3. The van der Waals surface area contributed by atoms with Crippen molar-refractivity contribution in [1.82, 2.24) is 5.32 Å². The monoisotopic (exact) mass is 141 g/mol. The highest BCUT2D eigenvalue weighted by molar-refractivity contribution is 4.68. The molecule has 0 rings (SSSR count). The summed E-state index contributed by atoms with van der Waals surface area (Å²) < 4.78 is 36.0. The topological polar surface area (TPSA) is 12.0 Å². The van der Waals surface area contributed by atoms with Gasteiger partial charge >= 0.3 is 6.05 Å². The summed E-state index contributed by atoms with van der Waals surface area (Å²) in [5.74, 6) is 0. The Kier molecular flexibility index (Phi) is 2.97. The molecule has 0 aromatic rings. The molecular formula is C5H10F3N. The van der Waals surface area contributed by atoms with Crippen molar-refractivity contribution in [3.05, 3.63) is 0 Å². The van der Waals surface area contributed by atoms with Gasteiger partial charge in [-0.05, 0) is 13.5 Å². The van der Waals surface area contributed by atoms with Crippen LogP contribution in [0.3, 0.4) is 0 Å². The molecule has 0 radical (unpaired) electrons. The number of nitrogens with one attached hydrogen (secondary N) is 1. The molecule has 1 N–H and O–H groups in total. The third kappa shape index (κ3) is 2.70. The summed E-state index contributed by atoms with van der Waals surface area (Å²) in [6.45, 7) is 2.39. The van der Waals surface area contributed by atoms with Crippen LogP contribution in [0.2, 0.25) is 0 Å². The van der Waals surface area contributed by atoms with E-state index in [-0.39, 0.29) is 6.54 Å². The van der Waals surface area contributed by atoms with Crippen LogP contribution >= 0.6 is 0 Å². The lowest BCUT2D eigenvalue weighted by atomic mass is 10.4. The zero-order valence-electron chi connectivity index (χ0n) is 5.42. The largest absolute Gasteiger partial charge is 0.333 e. The Morgan fingerprint density at radius 3 is 2.11 bits per heavy atom. The summed E-state index contributed by atoms with van der Waals surface area (Å²) in [7, 11) is 0. The number of hydrogen-bond acceptors (Lipinski definition) is 1. The van der Waals surface area contributed by atoms with Gasteiger partial charge in [0.25, 0.3) is 0 Å². The van der Waals surface area contributed by atoms with Gasteiger partial charge in [-0.1, -0.05) is 6.92 Å². The molecule has 0 aliphatic heterocycles. The Balaban J connectivity index is 3.70. The van der Waals surface area contributed by atoms with E-state index in [1.54, 1.807) is 5.32 Å². The first-order valence-corrected chi connectivity index (χ1v) is 2.77. The average molecular weight is 141 g/mol. The smallest absolute Gasteiger partial charge is 0.256 e. The Bertz CT molecular complexity index is 82.3. The lowest BCUT2D eigenvalue weighted by molar-refractivity contribution is -0.0922. The van der Waals surface area contributed by atoms with Crippen LogP contribution in [0.4, 0.5) is 13.2 Å². The molecule has 0 aromatic heterocycles. The van der Waals surface area contributed by atoms with E-state index in [9.17, 15) is 13.2 Å². The zero-order chi connectivity index (χ0) is 7.49. The Morgan fingerprint density at radius 1 is 1.56 bits per heavy atom. The maximum absolute atomic E-state index is 12.1. The summed E-state index contributed by atoms with van der Waals surface area (Å²) in [5.41, 5.74) is 0. The predicted octanol–water partition coefficient (Wildman–Crippen LogP) is 1.55. The van der Waals surface area contributed by atoms with E-state index >= 15 is 0 Å². The van der Waals surface area contributed by atoms with Gasteiger partial charge in [-0.25, -0.2) is 4.39 Å². The predicted molar refractivity (Wildman–Crippen MR) is 29.2 cm³/mol. The molecule has 0 fully saturated rings. The minimum absolute atomic E-state index is 0.0707. The highest BCUT2D eigenvalue weighted by Gasteiger charge is 2.35. The second kappa shape index (κ2) is 3.06. The number of hydrogen-bond donors (Lipinski definition) is 1. The fraction of sp³-hybridized carbons (Fsp3) is 1.00. The van der Waals surface area contributed by atoms with E-state index in [2.05, 4.69) is 0 Å². The molecule has 0 aromatic carbocycles. The van der Waals surface area contributed by atoms with Crippen LogP contribution in [0.5, 0.6) is 0 Å². The number of rotatable bonds is 3. The quantitative estimate of drug-likeness (QED) is 0.588. The summed E-state index contributed by atoms with van der Waals surface area (Å²) in [6, 6.07) is -3.37. The van der Waals surface area contributed by atoms with Gasteiger partial charge in [0.1, 0.15) is 0 Å². The second-order valence-corrected chi connectivity index (χ2v) is 1.77. The van der Waals surface area contributed by atoms with Gasteiger partial charge in [0, 0.05) is 0 Å². The van der Waals surface area contributed by atoms with Gasteiger partial charge in [0.05, 0.1) is 0 Å². The van der Waals surface area contributed by atoms with Gasteiger partial charge in [0.15, 0.2) is 6.17 Å². The minimum atomic E-state index is -3.37. The normalized spacial score (nSPS) is 15.7. The van der Waals surface area contributed by atoms with Gasteiger partial charge in [0.2, 0.25) is 0 Å². The molecule has 0 amide bonds. The van der Waals surface area contributed by atoms with Crippen molar-refractivity contribution in [2.24, 2.45) is 0 Å². The Morgan fingerprint density at radius 2 is 2.00 bits per heavy atom. The maximum atomic E-state index is 12.1. The molecule has 1 atom stereocenters. The van der Waals surface area contributed by atoms with Crippen molar-refractivity contribution in [2.45, 2.75) is 26.1 Å². The SMILES string of the molecule is CCNC(F)(F)C(C)F. The van der Waals surface area contributed by atoms with E-state index in [0.717, 1.165) is 6.92 Å². The first-order valence-electron chi connectivity index (χ1n) is 2.77. The van der Waals surface area contributed by atoms with E-state index in [0.29, 0.717) is 0 Å². The van der Waals surface area contributed by atoms with Crippen LogP contribution in [0.1, 0.15) is 13.8 Å². The van der Waals surface area contributed by atoms with Crippen molar-refractivity contribution in [1.29, 1.82) is 0 Å². The minimum Gasteiger partial charge on any atom is -0.256 e. The third-order valence-corrected chi connectivity index (χ3v) is 0.912. The van der Waals surface area contributed by atoms with Crippen molar-refractivity contribution in [2.75, 3.05) is 6.54 Å². The van der Waals surface area contributed by atoms with Gasteiger partial charge in [-0.3, -0.25) is 5.32 Å². The standard InChI is InChI=1S/C5H10F3N/c1-3-9-5(7,8)4(2)6/h4,9H,3H2,1-2H3. The van der Waals surface area contributed by atoms with E-state index in [4.69, 9.17) is 0 Å². The Hall–Kier alpha value is -0.250. The molecule has 0 aliphatic carbocycles. The molecule has 0 heterocycles. The average Bonchev–Trinajstić information content (AvgIpc) is 1.65. The molecule has 0 bridgehead atoms. The van der Waals surface area contributed by atoms with Crippen LogP contribution in [-0.2, 0) is 0 Å². The molecule has 1 nitrogen and oxygen atoms in total. The molecule has 0 saturated heterocycles. The molecular weight excluding hydrogens is 131 g/mol. The van der Waals surface area contributed by atoms with Crippen molar-refractivity contribution >= 4 is 0 Å². The summed E-state index contributed by atoms with van der Waals surface area (Å²) >= 11 is 0. The van der Waals surface area contributed by atoms with Gasteiger partial charge in [-0.15, -0.1) is 0 Å². The van der Waals surface area contributed by atoms with Crippen LogP contribution < -0.4 is 5.32 Å². The van der Waals surface area contributed by atoms with Gasteiger partial charge < -0.3 is 0 Å². The molecule has 0 spiro atoms. The maximum Gasteiger partial charge on any atom is 0.333 e. The van der Waals surface area contributed by atoms with Crippen LogP contribution in [0, 0.1) is 0 Å². The molecule has 4 heteroatoms. The number of halogens is 3. The summed E-state index contributed by atoms with van der Waals surface area (Å²) in [6.07, 6.45) is -2.13. The molecule has 1 unspecified atom stereocenters.